The van der Waals surface area contributed by atoms with Crippen molar-refractivity contribution >= 4 is 11.6 Å². The second-order valence-corrected chi connectivity index (χ2v) is 4.11. The summed E-state index contributed by atoms with van der Waals surface area (Å²) in [6.07, 6.45) is 1.60. The van der Waals surface area contributed by atoms with Crippen molar-refractivity contribution in [3.05, 3.63) is 47.8 Å². The van der Waals surface area contributed by atoms with Crippen LogP contribution in [0.15, 0.2) is 36.5 Å². The van der Waals surface area contributed by atoms with E-state index in [1.807, 2.05) is 42.2 Å². The molecule has 0 atom stereocenters. The summed E-state index contributed by atoms with van der Waals surface area (Å²) >= 11 is 0. The molecule has 0 unspecified atom stereocenters. The molecule has 5 heteroatoms. The number of nitriles is 1. The first kappa shape index (κ1) is 12.8. The Kier molecular flexibility index (Phi) is 3.94. The third kappa shape index (κ3) is 3.19. The number of nitrogens with zero attached hydrogens (tertiary/aromatic N) is 4. The molecule has 0 fully saturated rings. The molecular formula is C14H15N5. The predicted molar refractivity (Wildman–Crippen MR) is 74.3 cm³/mol. The summed E-state index contributed by atoms with van der Waals surface area (Å²) in [6, 6.07) is 11.3. The average Bonchev–Trinajstić information content (AvgIpc) is 2.46. The van der Waals surface area contributed by atoms with Gasteiger partial charge in [-0.3, -0.25) is 0 Å². The van der Waals surface area contributed by atoms with Crippen LogP contribution < -0.4 is 10.6 Å². The molecule has 0 saturated carbocycles. The van der Waals surface area contributed by atoms with Gasteiger partial charge in [0.05, 0.1) is 0 Å². The Balaban J connectivity index is 2.20. The summed E-state index contributed by atoms with van der Waals surface area (Å²) in [7, 11) is 0. The fourth-order valence-corrected chi connectivity index (χ4v) is 1.73. The lowest BCUT2D eigenvalue weighted by molar-refractivity contribution is 0.790. The number of rotatable bonds is 4. The lowest BCUT2D eigenvalue weighted by Crippen LogP contribution is -2.24. The van der Waals surface area contributed by atoms with Crippen molar-refractivity contribution in [3.63, 3.8) is 0 Å². The van der Waals surface area contributed by atoms with E-state index in [9.17, 15) is 0 Å². The molecule has 0 aliphatic rings. The Bertz CT molecular complexity index is 586. The normalized spacial score (nSPS) is 9.89. The molecule has 1 heterocycles. The highest BCUT2D eigenvalue weighted by Crippen LogP contribution is 2.13. The molecule has 19 heavy (non-hydrogen) atoms. The second-order valence-electron chi connectivity index (χ2n) is 4.11. The van der Waals surface area contributed by atoms with E-state index in [-0.39, 0.29) is 0 Å². The lowest BCUT2D eigenvalue weighted by Gasteiger charge is -2.20. The maximum absolute atomic E-state index is 8.86. The fraction of sp³-hybridized carbons (Fsp3) is 0.214. The maximum atomic E-state index is 8.86. The van der Waals surface area contributed by atoms with Crippen molar-refractivity contribution < 1.29 is 0 Å². The Labute approximate surface area is 112 Å². The van der Waals surface area contributed by atoms with E-state index in [1.165, 1.54) is 0 Å². The van der Waals surface area contributed by atoms with E-state index in [2.05, 4.69) is 9.97 Å². The van der Waals surface area contributed by atoms with Gasteiger partial charge < -0.3 is 10.6 Å². The molecular weight excluding hydrogens is 238 g/mol. The minimum absolute atomic E-state index is 0.376. The highest BCUT2D eigenvalue weighted by molar-refractivity contribution is 5.41. The van der Waals surface area contributed by atoms with E-state index >= 15 is 0 Å². The zero-order valence-corrected chi connectivity index (χ0v) is 10.7. The molecule has 0 radical (unpaired) electrons. The largest absolute Gasteiger partial charge is 0.399 e. The van der Waals surface area contributed by atoms with Crippen LogP contribution in [0, 0.1) is 11.3 Å². The fourth-order valence-electron chi connectivity index (χ4n) is 1.73. The van der Waals surface area contributed by atoms with E-state index in [0.717, 1.165) is 17.8 Å². The third-order valence-electron chi connectivity index (χ3n) is 2.78. The Morgan fingerprint density at radius 3 is 2.63 bits per heavy atom. The summed E-state index contributed by atoms with van der Waals surface area (Å²) < 4.78 is 0. The molecule has 0 amide bonds. The smallest absolute Gasteiger partial charge is 0.226 e. The molecule has 1 aromatic heterocycles. The summed E-state index contributed by atoms with van der Waals surface area (Å²) in [5.74, 6) is 0.568. The minimum Gasteiger partial charge on any atom is -0.399 e. The number of benzene rings is 1. The summed E-state index contributed by atoms with van der Waals surface area (Å²) in [4.78, 5) is 10.4. The zero-order valence-electron chi connectivity index (χ0n) is 10.7. The van der Waals surface area contributed by atoms with Gasteiger partial charge in [-0.2, -0.15) is 5.26 Å². The number of nitrogens with two attached hydrogens (primary N) is 1. The van der Waals surface area contributed by atoms with Gasteiger partial charge in [0.25, 0.3) is 0 Å². The Morgan fingerprint density at radius 2 is 2.00 bits per heavy atom. The van der Waals surface area contributed by atoms with Crippen molar-refractivity contribution in [2.24, 2.45) is 0 Å². The molecule has 0 aliphatic heterocycles. The Morgan fingerprint density at radius 1 is 1.26 bits per heavy atom. The van der Waals surface area contributed by atoms with Crippen molar-refractivity contribution in [2.75, 3.05) is 17.2 Å². The van der Waals surface area contributed by atoms with Gasteiger partial charge in [0.2, 0.25) is 5.95 Å². The monoisotopic (exact) mass is 253 g/mol. The number of hydrogen-bond acceptors (Lipinski definition) is 5. The molecule has 2 aromatic rings. The second kappa shape index (κ2) is 5.83. The van der Waals surface area contributed by atoms with Gasteiger partial charge in [0, 0.05) is 25.0 Å². The average molecular weight is 253 g/mol. The summed E-state index contributed by atoms with van der Waals surface area (Å²) in [5, 5.41) is 8.86. The van der Waals surface area contributed by atoms with Crippen LogP contribution in [0.5, 0.6) is 0 Å². The van der Waals surface area contributed by atoms with Crippen molar-refractivity contribution in [3.8, 4) is 6.07 Å². The molecule has 2 rings (SSSR count). The number of nitrogen functional groups attached to an aromatic ring is 1. The topological polar surface area (TPSA) is 78.8 Å². The van der Waals surface area contributed by atoms with Crippen LogP contribution in [0.1, 0.15) is 18.2 Å². The molecule has 0 saturated heterocycles. The van der Waals surface area contributed by atoms with Crippen LogP contribution in [0.4, 0.5) is 11.6 Å². The van der Waals surface area contributed by atoms with Crippen molar-refractivity contribution in [1.82, 2.24) is 9.97 Å². The first-order chi connectivity index (χ1) is 9.22. The van der Waals surface area contributed by atoms with E-state index in [1.54, 1.807) is 12.3 Å². The van der Waals surface area contributed by atoms with Crippen molar-refractivity contribution in [2.45, 2.75) is 13.5 Å². The van der Waals surface area contributed by atoms with Gasteiger partial charge in [-0.1, -0.05) is 12.1 Å². The highest BCUT2D eigenvalue weighted by Gasteiger charge is 2.09. The number of hydrogen-bond donors (Lipinski definition) is 1. The van der Waals surface area contributed by atoms with Gasteiger partial charge in [-0.25, -0.2) is 9.97 Å². The van der Waals surface area contributed by atoms with Crippen LogP contribution in [-0.2, 0) is 6.54 Å². The Hall–Kier alpha value is -2.61. The van der Waals surface area contributed by atoms with E-state index in [0.29, 0.717) is 18.2 Å². The van der Waals surface area contributed by atoms with Crippen LogP contribution in [0.3, 0.4) is 0 Å². The van der Waals surface area contributed by atoms with Gasteiger partial charge in [-0.05, 0) is 30.7 Å². The van der Waals surface area contributed by atoms with Crippen LogP contribution >= 0.6 is 0 Å². The predicted octanol–water partition coefficient (Wildman–Crippen LogP) is 1.96. The first-order valence-corrected chi connectivity index (χ1v) is 6.05. The van der Waals surface area contributed by atoms with Crippen molar-refractivity contribution in [1.29, 1.82) is 5.26 Å². The first-order valence-electron chi connectivity index (χ1n) is 6.05. The SMILES string of the molecule is CCN(Cc1ccc(N)cc1)c1nccc(C#N)n1. The minimum atomic E-state index is 0.376. The summed E-state index contributed by atoms with van der Waals surface area (Å²) in [5.41, 5.74) is 7.91. The van der Waals surface area contributed by atoms with Gasteiger partial charge in [0.15, 0.2) is 0 Å². The van der Waals surface area contributed by atoms with Gasteiger partial charge in [-0.15, -0.1) is 0 Å². The molecule has 0 bridgehead atoms. The number of anilines is 2. The lowest BCUT2D eigenvalue weighted by atomic mass is 10.2. The van der Waals surface area contributed by atoms with Crippen LogP contribution in [0.25, 0.3) is 0 Å². The van der Waals surface area contributed by atoms with E-state index in [4.69, 9.17) is 11.0 Å². The molecule has 0 aliphatic carbocycles. The standard InChI is InChI=1S/C14H15N5/c1-2-19(10-11-3-5-12(16)6-4-11)14-17-8-7-13(9-15)18-14/h3-8H,2,10,16H2,1H3. The molecule has 0 spiro atoms. The van der Waals surface area contributed by atoms with E-state index < -0.39 is 0 Å². The molecule has 1 aromatic carbocycles. The van der Waals surface area contributed by atoms with Gasteiger partial charge >= 0.3 is 0 Å². The summed E-state index contributed by atoms with van der Waals surface area (Å²) in [6.45, 7) is 3.48. The number of aromatic nitrogens is 2. The zero-order chi connectivity index (χ0) is 13.7. The van der Waals surface area contributed by atoms with Crippen LogP contribution in [0.2, 0.25) is 0 Å². The van der Waals surface area contributed by atoms with Crippen LogP contribution in [-0.4, -0.2) is 16.5 Å². The molecule has 5 nitrogen and oxygen atoms in total. The molecule has 96 valence electrons. The van der Waals surface area contributed by atoms with Gasteiger partial charge in [0.1, 0.15) is 11.8 Å². The molecule has 2 N–H and O–H groups in total. The quantitative estimate of drug-likeness (QED) is 0.842. The third-order valence-corrected chi connectivity index (χ3v) is 2.78. The highest BCUT2D eigenvalue weighted by atomic mass is 15.2. The maximum Gasteiger partial charge on any atom is 0.226 e.